The number of nitrogens with two attached hydrogens (primary N) is 1. The number of aromatic hydroxyl groups is 1. The van der Waals surface area contributed by atoms with E-state index in [0.29, 0.717) is 12.2 Å². The van der Waals surface area contributed by atoms with Crippen LogP contribution in [0.25, 0.3) is 0 Å². The van der Waals surface area contributed by atoms with Crippen LogP contribution in [0.5, 0.6) is 5.75 Å². The molecule has 1 unspecified atom stereocenters. The second kappa shape index (κ2) is 6.25. The van der Waals surface area contributed by atoms with Crippen LogP contribution in [0.15, 0.2) is 18.2 Å². The van der Waals surface area contributed by atoms with Crippen molar-refractivity contribution in [2.75, 3.05) is 11.9 Å². The molecule has 0 heterocycles. The lowest BCUT2D eigenvalue weighted by Gasteiger charge is -2.15. The molecule has 0 fully saturated rings. The highest BCUT2D eigenvalue weighted by molar-refractivity contribution is 5.94. The van der Waals surface area contributed by atoms with Crippen LogP contribution in [-0.2, 0) is 4.79 Å². The summed E-state index contributed by atoms with van der Waals surface area (Å²) >= 11 is 0. The molecule has 0 bridgehead atoms. The fourth-order valence-electron chi connectivity index (χ4n) is 1.70. The molecule has 0 spiro atoms. The van der Waals surface area contributed by atoms with Crippen LogP contribution in [0.3, 0.4) is 0 Å². The maximum atomic E-state index is 11.9. The van der Waals surface area contributed by atoms with Crippen LogP contribution >= 0.6 is 0 Å². The topological polar surface area (TPSA) is 75.4 Å². The quantitative estimate of drug-likeness (QED) is 0.684. The molecule has 4 N–H and O–H groups in total. The third-order valence-electron chi connectivity index (χ3n) is 2.79. The van der Waals surface area contributed by atoms with Gasteiger partial charge in [0, 0.05) is 6.54 Å². The van der Waals surface area contributed by atoms with E-state index in [1.807, 2.05) is 6.92 Å². The Morgan fingerprint density at radius 1 is 1.53 bits per heavy atom. The molecule has 0 aliphatic carbocycles. The molecule has 4 nitrogen and oxygen atoms in total. The third kappa shape index (κ3) is 3.46. The number of rotatable bonds is 5. The Balaban J connectivity index is 2.76. The number of hydrogen-bond donors (Lipinski definition) is 3. The van der Waals surface area contributed by atoms with E-state index >= 15 is 0 Å². The fourth-order valence-corrected chi connectivity index (χ4v) is 1.70. The van der Waals surface area contributed by atoms with E-state index in [1.54, 1.807) is 25.1 Å². The molecular formula is C13H20N2O2. The van der Waals surface area contributed by atoms with E-state index < -0.39 is 0 Å². The van der Waals surface area contributed by atoms with Gasteiger partial charge in [0.25, 0.3) is 0 Å². The molecule has 0 aliphatic heterocycles. The van der Waals surface area contributed by atoms with Gasteiger partial charge >= 0.3 is 0 Å². The summed E-state index contributed by atoms with van der Waals surface area (Å²) in [7, 11) is 0. The highest BCUT2D eigenvalue weighted by Gasteiger charge is 2.17. The lowest BCUT2D eigenvalue weighted by molar-refractivity contribution is -0.119. The molecule has 4 heteroatoms. The van der Waals surface area contributed by atoms with Crippen molar-refractivity contribution in [1.29, 1.82) is 0 Å². The van der Waals surface area contributed by atoms with E-state index in [1.165, 1.54) is 0 Å². The third-order valence-corrected chi connectivity index (χ3v) is 2.79. The first-order chi connectivity index (χ1) is 8.10. The van der Waals surface area contributed by atoms with Crippen molar-refractivity contribution in [1.82, 2.24) is 0 Å². The van der Waals surface area contributed by atoms with Gasteiger partial charge in [-0.25, -0.2) is 0 Å². The van der Waals surface area contributed by atoms with Gasteiger partial charge in [0.05, 0.1) is 11.6 Å². The highest BCUT2D eigenvalue weighted by Crippen LogP contribution is 2.27. The lowest BCUT2D eigenvalue weighted by atomic mass is 10.0. The molecule has 1 aromatic carbocycles. The minimum atomic E-state index is -0.195. The maximum absolute atomic E-state index is 11.9. The van der Waals surface area contributed by atoms with Crippen molar-refractivity contribution in [2.45, 2.75) is 26.7 Å². The van der Waals surface area contributed by atoms with E-state index in [4.69, 9.17) is 5.73 Å². The number of anilines is 1. The van der Waals surface area contributed by atoms with Gasteiger partial charge in [-0.05, 0) is 25.0 Å². The Morgan fingerprint density at radius 2 is 2.24 bits per heavy atom. The number of para-hydroxylation sites is 1. The van der Waals surface area contributed by atoms with Crippen LogP contribution in [0.4, 0.5) is 5.69 Å². The van der Waals surface area contributed by atoms with E-state index in [2.05, 4.69) is 5.32 Å². The first kappa shape index (κ1) is 13.5. The average molecular weight is 236 g/mol. The zero-order valence-electron chi connectivity index (χ0n) is 10.4. The van der Waals surface area contributed by atoms with Crippen molar-refractivity contribution in [3.05, 3.63) is 23.8 Å². The van der Waals surface area contributed by atoms with E-state index in [0.717, 1.165) is 18.4 Å². The maximum Gasteiger partial charge on any atom is 0.228 e. The van der Waals surface area contributed by atoms with Gasteiger partial charge in [-0.1, -0.05) is 25.5 Å². The largest absolute Gasteiger partial charge is 0.505 e. The Hall–Kier alpha value is -1.55. The molecule has 0 saturated heterocycles. The molecule has 1 rings (SSSR count). The molecule has 17 heavy (non-hydrogen) atoms. The zero-order valence-corrected chi connectivity index (χ0v) is 10.4. The summed E-state index contributed by atoms with van der Waals surface area (Å²) < 4.78 is 0. The van der Waals surface area contributed by atoms with Crippen LogP contribution < -0.4 is 11.1 Å². The molecule has 1 atom stereocenters. The monoisotopic (exact) mass is 236 g/mol. The van der Waals surface area contributed by atoms with Crippen LogP contribution in [0.1, 0.15) is 25.3 Å². The van der Waals surface area contributed by atoms with Crippen LogP contribution in [0.2, 0.25) is 0 Å². The van der Waals surface area contributed by atoms with Crippen molar-refractivity contribution < 1.29 is 9.90 Å². The molecule has 0 aliphatic rings. The Kier molecular flexibility index (Phi) is 4.97. The summed E-state index contributed by atoms with van der Waals surface area (Å²) in [5, 5.41) is 12.5. The molecular weight excluding hydrogens is 216 g/mol. The summed E-state index contributed by atoms with van der Waals surface area (Å²) in [5.41, 5.74) is 6.75. The average Bonchev–Trinajstić information content (AvgIpc) is 2.31. The van der Waals surface area contributed by atoms with Gasteiger partial charge in [0.2, 0.25) is 5.91 Å². The predicted molar refractivity (Wildman–Crippen MR) is 68.9 cm³/mol. The number of phenolic OH excluding ortho intramolecular Hbond substituents is 1. The van der Waals surface area contributed by atoms with E-state index in [9.17, 15) is 9.90 Å². The summed E-state index contributed by atoms with van der Waals surface area (Å²) in [5.74, 6) is -0.205. The first-order valence-corrected chi connectivity index (χ1v) is 5.89. The van der Waals surface area contributed by atoms with Crippen molar-refractivity contribution >= 4 is 11.6 Å². The molecule has 94 valence electrons. The number of carbonyl (C=O) groups excluding carboxylic acids is 1. The van der Waals surface area contributed by atoms with Gasteiger partial charge < -0.3 is 16.2 Å². The van der Waals surface area contributed by atoms with Crippen LogP contribution in [-0.4, -0.2) is 17.6 Å². The molecule has 0 aromatic heterocycles. The van der Waals surface area contributed by atoms with Gasteiger partial charge in [-0.15, -0.1) is 0 Å². The number of nitrogens with one attached hydrogen (secondary N) is 1. The normalized spacial score (nSPS) is 12.2. The summed E-state index contributed by atoms with van der Waals surface area (Å²) in [6.45, 7) is 4.13. The zero-order chi connectivity index (χ0) is 12.8. The van der Waals surface area contributed by atoms with Gasteiger partial charge in [-0.2, -0.15) is 0 Å². The van der Waals surface area contributed by atoms with Crippen molar-refractivity contribution in [3.63, 3.8) is 0 Å². The number of aryl methyl sites for hydroxylation is 1. The Bertz CT molecular complexity index is 391. The lowest BCUT2D eigenvalue weighted by Crippen LogP contribution is -2.29. The summed E-state index contributed by atoms with van der Waals surface area (Å²) in [4.78, 5) is 11.9. The number of amides is 1. The minimum absolute atomic E-state index is 0.119. The molecule has 1 aromatic rings. The smallest absolute Gasteiger partial charge is 0.228 e. The SMILES string of the molecule is CCCC(CN)C(=O)Nc1cccc(C)c1O. The standard InChI is InChI=1S/C13H20N2O2/c1-3-5-10(8-14)13(17)15-11-7-4-6-9(2)12(11)16/h4,6-7,10,16H,3,5,8,14H2,1-2H3,(H,15,17). The van der Waals surface area contributed by atoms with Crippen molar-refractivity contribution in [2.24, 2.45) is 11.7 Å². The minimum Gasteiger partial charge on any atom is -0.505 e. The number of hydrogen-bond acceptors (Lipinski definition) is 3. The predicted octanol–water partition coefficient (Wildman–Crippen LogP) is 2.01. The molecule has 0 radical (unpaired) electrons. The second-order valence-corrected chi connectivity index (χ2v) is 4.18. The first-order valence-electron chi connectivity index (χ1n) is 5.89. The Labute approximate surface area is 102 Å². The van der Waals surface area contributed by atoms with Crippen molar-refractivity contribution in [3.8, 4) is 5.75 Å². The molecule has 1 amide bonds. The van der Waals surface area contributed by atoms with Gasteiger partial charge in [0.1, 0.15) is 5.75 Å². The van der Waals surface area contributed by atoms with Gasteiger partial charge in [0.15, 0.2) is 0 Å². The van der Waals surface area contributed by atoms with Gasteiger partial charge in [-0.3, -0.25) is 4.79 Å². The number of carbonyl (C=O) groups is 1. The fraction of sp³-hybridized carbons (Fsp3) is 0.462. The summed E-state index contributed by atoms with van der Waals surface area (Å²) in [6, 6.07) is 5.26. The highest BCUT2D eigenvalue weighted by atomic mass is 16.3. The van der Waals surface area contributed by atoms with E-state index in [-0.39, 0.29) is 17.6 Å². The number of phenols is 1. The van der Waals surface area contributed by atoms with Crippen LogP contribution in [0, 0.1) is 12.8 Å². The second-order valence-electron chi connectivity index (χ2n) is 4.18. The Morgan fingerprint density at radius 3 is 2.82 bits per heavy atom. The molecule has 0 saturated carbocycles. The summed E-state index contributed by atoms with van der Waals surface area (Å²) in [6.07, 6.45) is 1.67. The number of benzene rings is 1.